The van der Waals surface area contributed by atoms with Gasteiger partial charge in [-0.2, -0.15) is 0 Å². The molecule has 0 aromatic heterocycles. The van der Waals surface area contributed by atoms with Crippen LogP contribution in [0.2, 0.25) is 0 Å². The highest BCUT2D eigenvalue weighted by atomic mass is 32.2. The third-order valence-corrected chi connectivity index (χ3v) is 5.83. The van der Waals surface area contributed by atoms with Crippen LogP contribution in [0.1, 0.15) is 30.1 Å². The van der Waals surface area contributed by atoms with Gasteiger partial charge in [-0.3, -0.25) is 9.59 Å². The number of carbonyl (C=O) groups excluding carboxylic acids is 2. The van der Waals surface area contributed by atoms with Crippen LogP contribution in [0.3, 0.4) is 0 Å². The van der Waals surface area contributed by atoms with Crippen LogP contribution in [0.15, 0.2) is 24.3 Å². The largest absolute Gasteiger partial charge is 0.326 e. The second kappa shape index (κ2) is 7.23. The summed E-state index contributed by atoms with van der Waals surface area (Å²) in [5.74, 6) is 0.194. The number of anilines is 1. The minimum Gasteiger partial charge on any atom is -0.326 e. The first-order valence-corrected chi connectivity index (χ1v) is 9.40. The summed E-state index contributed by atoms with van der Waals surface area (Å²) in [7, 11) is -1.07. The van der Waals surface area contributed by atoms with E-state index in [0.717, 1.165) is 0 Å². The first-order valence-electron chi connectivity index (χ1n) is 7.58. The molecule has 1 saturated heterocycles. The predicted molar refractivity (Wildman–Crippen MR) is 89.4 cm³/mol. The lowest BCUT2D eigenvalue weighted by atomic mass is 10.1. The predicted octanol–water partition coefficient (Wildman–Crippen LogP) is 1.34. The fraction of sp³-hybridized carbons (Fsp3) is 0.500. The number of nitrogens with zero attached hydrogens (tertiary/aromatic N) is 1. The van der Waals surface area contributed by atoms with Crippen molar-refractivity contribution in [2.24, 2.45) is 0 Å². The Morgan fingerprint density at radius 3 is 2.70 bits per heavy atom. The molecule has 7 heteroatoms. The van der Waals surface area contributed by atoms with Crippen LogP contribution in [0.25, 0.3) is 0 Å². The second-order valence-electron chi connectivity index (χ2n) is 5.97. The van der Waals surface area contributed by atoms with Crippen LogP contribution < -0.4 is 5.32 Å². The number of benzene rings is 1. The molecule has 1 heterocycles. The highest BCUT2D eigenvalue weighted by Gasteiger charge is 2.30. The number of sulfone groups is 1. The molecule has 1 aliphatic heterocycles. The van der Waals surface area contributed by atoms with Gasteiger partial charge in [0, 0.05) is 30.3 Å². The Morgan fingerprint density at radius 2 is 2.09 bits per heavy atom. The monoisotopic (exact) mass is 338 g/mol. The molecule has 1 fully saturated rings. The highest BCUT2D eigenvalue weighted by molar-refractivity contribution is 7.91. The summed E-state index contributed by atoms with van der Waals surface area (Å²) in [5, 5.41) is 2.76. The van der Waals surface area contributed by atoms with Crippen molar-refractivity contribution in [1.82, 2.24) is 4.90 Å². The third-order valence-electron chi connectivity index (χ3n) is 4.08. The number of carbonyl (C=O) groups is 2. The first-order chi connectivity index (χ1) is 10.8. The number of hydrogen-bond donors (Lipinski definition) is 1. The molecule has 0 saturated carbocycles. The Bertz CT molecular complexity index is 700. The van der Waals surface area contributed by atoms with Crippen LogP contribution >= 0.6 is 0 Å². The number of nitrogens with one attached hydrogen (secondary N) is 1. The van der Waals surface area contributed by atoms with Crippen LogP contribution in [-0.4, -0.2) is 56.1 Å². The standard InChI is InChI=1S/C16H22N2O4S/c1-12(19)13-4-3-5-14(10-13)17-16(20)6-8-18(2)15-7-9-23(21,22)11-15/h3-5,10,15H,6-9,11H2,1-2H3,(H,17,20). The summed E-state index contributed by atoms with van der Waals surface area (Å²) in [6.07, 6.45) is 0.901. The van der Waals surface area contributed by atoms with Gasteiger partial charge in [0.1, 0.15) is 0 Å². The van der Waals surface area contributed by atoms with E-state index in [9.17, 15) is 18.0 Å². The molecule has 1 unspecified atom stereocenters. The van der Waals surface area contributed by atoms with Gasteiger partial charge in [-0.15, -0.1) is 0 Å². The average molecular weight is 338 g/mol. The summed E-state index contributed by atoms with van der Waals surface area (Å²) in [4.78, 5) is 25.3. The minimum atomic E-state index is -2.91. The van der Waals surface area contributed by atoms with Gasteiger partial charge < -0.3 is 10.2 Å². The van der Waals surface area contributed by atoms with Crippen molar-refractivity contribution in [1.29, 1.82) is 0 Å². The molecule has 0 aliphatic carbocycles. The molecule has 1 atom stereocenters. The normalized spacial score (nSPS) is 19.7. The maximum Gasteiger partial charge on any atom is 0.225 e. The molecule has 2 rings (SSSR count). The van der Waals surface area contributed by atoms with Crippen LogP contribution in [-0.2, 0) is 14.6 Å². The van der Waals surface area contributed by atoms with E-state index >= 15 is 0 Å². The van der Waals surface area contributed by atoms with E-state index in [4.69, 9.17) is 0 Å². The van der Waals surface area contributed by atoms with Crippen molar-refractivity contribution < 1.29 is 18.0 Å². The quantitative estimate of drug-likeness (QED) is 0.791. The summed E-state index contributed by atoms with van der Waals surface area (Å²) in [5.41, 5.74) is 1.14. The van der Waals surface area contributed by atoms with Crippen molar-refractivity contribution >= 4 is 27.2 Å². The van der Waals surface area contributed by atoms with Gasteiger partial charge >= 0.3 is 0 Å². The van der Waals surface area contributed by atoms with E-state index in [-0.39, 0.29) is 35.7 Å². The molecule has 1 amide bonds. The van der Waals surface area contributed by atoms with Crippen molar-refractivity contribution in [2.45, 2.75) is 25.8 Å². The molecular formula is C16H22N2O4S. The number of hydrogen-bond acceptors (Lipinski definition) is 5. The third kappa shape index (κ3) is 5.14. The van der Waals surface area contributed by atoms with Crippen molar-refractivity contribution in [3.63, 3.8) is 0 Å². The summed E-state index contributed by atoms with van der Waals surface area (Å²) in [6.45, 7) is 1.98. The lowest BCUT2D eigenvalue weighted by molar-refractivity contribution is -0.116. The zero-order valence-electron chi connectivity index (χ0n) is 13.4. The summed E-state index contributed by atoms with van der Waals surface area (Å²) in [6, 6.07) is 6.80. The van der Waals surface area contributed by atoms with Crippen molar-refractivity contribution in [3.05, 3.63) is 29.8 Å². The van der Waals surface area contributed by atoms with E-state index in [1.807, 2.05) is 11.9 Å². The molecule has 23 heavy (non-hydrogen) atoms. The Balaban J connectivity index is 1.83. The lowest BCUT2D eigenvalue weighted by Gasteiger charge is -2.22. The topological polar surface area (TPSA) is 83.6 Å². The zero-order chi connectivity index (χ0) is 17.0. The maximum absolute atomic E-state index is 12.0. The van der Waals surface area contributed by atoms with E-state index in [2.05, 4.69) is 5.32 Å². The lowest BCUT2D eigenvalue weighted by Crippen LogP contribution is -2.35. The van der Waals surface area contributed by atoms with Gasteiger partial charge in [0.05, 0.1) is 11.5 Å². The molecule has 1 N–H and O–H groups in total. The van der Waals surface area contributed by atoms with Crippen LogP contribution in [0.5, 0.6) is 0 Å². The molecule has 1 aromatic carbocycles. The fourth-order valence-corrected chi connectivity index (χ4v) is 4.43. The molecule has 1 aromatic rings. The Morgan fingerprint density at radius 1 is 1.35 bits per heavy atom. The number of amides is 1. The SMILES string of the molecule is CC(=O)c1cccc(NC(=O)CCN(C)C2CCS(=O)(=O)C2)c1. The second-order valence-corrected chi connectivity index (χ2v) is 8.20. The smallest absolute Gasteiger partial charge is 0.225 e. The number of Topliss-reactive ketones (excluding diaryl/α,β-unsaturated/α-hetero) is 1. The molecule has 126 valence electrons. The van der Waals surface area contributed by atoms with Gasteiger partial charge in [-0.25, -0.2) is 8.42 Å². The van der Waals surface area contributed by atoms with Gasteiger partial charge in [0.25, 0.3) is 0 Å². The van der Waals surface area contributed by atoms with E-state index in [0.29, 0.717) is 24.2 Å². The van der Waals surface area contributed by atoms with Gasteiger partial charge in [0.2, 0.25) is 5.91 Å². The van der Waals surface area contributed by atoms with Crippen LogP contribution in [0, 0.1) is 0 Å². The number of ketones is 1. The summed E-state index contributed by atoms with van der Waals surface area (Å²) < 4.78 is 23.0. The first kappa shape index (κ1) is 17.6. The molecular weight excluding hydrogens is 316 g/mol. The van der Waals surface area contributed by atoms with E-state index in [1.165, 1.54) is 6.92 Å². The average Bonchev–Trinajstić information content (AvgIpc) is 2.85. The van der Waals surface area contributed by atoms with Crippen molar-refractivity contribution in [3.8, 4) is 0 Å². The van der Waals surface area contributed by atoms with Crippen LogP contribution in [0.4, 0.5) is 5.69 Å². The molecule has 0 radical (unpaired) electrons. The zero-order valence-corrected chi connectivity index (χ0v) is 14.2. The molecule has 1 aliphatic rings. The van der Waals surface area contributed by atoms with Gasteiger partial charge in [-0.1, -0.05) is 12.1 Å². The Hall–Kier alpha value is -1.73. The number of rotatable bonds is 6. The van der Waals surface area contributed by atoms with E-state index < -0.39 is 9.84 Å². The van der Waals surface area contributed by atoms with Gasteiger partial charge in [0.15, 0.2) is 15.6 Å². The molecule has 0 spiro atoms. The Kier molecular flexibility index (Phi) is 5.54. The highest BCUT2D eigenvalue weighted by Crippen LogP contribution is 2.17. The van der Waals surface area contributed by atoms with E-state index in [1.54, 1.807) is 24.3 Å². The van der Waals surface area contributed by atoms with Crippen molar-refractivity contribution in [2.75, 3.05) is 30.4 Å². The molecule has 0 bridgehead atoms. The fourth-order valence-electron chi connectivity index (χ4n) is 2.62. The molecule has 6 nitrogen and oxygen atoms in total. The summed E-state index contributed by atoms with van der Waals surface area (Å²) >= 11 is 0. The maximum atomic E-state index is 12.0. The minimum absolute atomic E-state index is 0.00570. The Labute approximate surface area is 136 Å². The van der Waals surface area contributed by atoms with Gasteiger partial charge in [-0.05, 0) is 32.5 Å².